The Kier molecular flexibility index (Phi) is 8.65. The van der Waals surface area contributed by atoms with Crippen LogP contribution in [0.5, 0.6) is 0 Å². The van der Waals surface area contributed by atoms with E-state index in [1.54, 1.807) is 0 Å². The summed E-state index contributed by atoms with van der Waals surface area (Å²) in [5, 5.41) is 5.39. The van der Waals surface area contributed by atoms with Crippen LogP contribution in [-0.2, 0) is 20.8 Å². The van der Waals surface area contributed by atoms with Crippen LogP contribution in [0.4, 0.5) is 0 Å². The number of nitrogens with two attached hydrogens (primary N) is 1. The quantitative estimate of drug-likeness (QED) is 0.470. The summed E-state index contributed by atoms with van der Waals surface area (Å²) in [6.07, 6.45) is 0.457. The number of benzene rings is 1. The largest absolute Gasteiger partial charge is 0.368 e. The third kappa shape index (κ3) is 8.12. The van der Waals surface area contributed by atoms with Crippen LogP contribution in [0.25, 0.3) is 0 Å². The van der Waals surface area contributed by atoms with Crippen molar-refractivity contribution in [3.05, 3.63) is 35.9 Å². The van der Waals surface area contributed by atoms with Crippen molar-refractivity contribution in [2.45, 2.75) is 70.8 Å². The minimum atomic E-state index is -1.82. The van der Waals surface area contributed by atoms with E-state index in [-0.39, 0.29) is 17.4 Å². The zero-order valence-electron chi connectivity index (χ0n) is 18.3. The van der Waals surface area contributed by atoms with E-state index in [1.165, 1.54) is 6.92 Å². The second-order valence-corrected chi connectivity index (χ2v) is 13.8. The van der Waals surface area contributed by atoms with E-state index in [0.29, 0.717) is 6.42 Å². The Bertz CT molecular complexity index is 789. The van der Waals surface area contributed by atoms with Gasteiger partial charge in [0.2, 0.25) is 17.7 Å². The van der Waals surface area contributed by atoms with E-state index in [2.05, 4.69) is 56.0 Å². The highest BCUT2D eigenvalue weighted by Crippen LogP contribution is 2.35. The summed E-state index contributed by atoms with van der Waals surface area (Å²) in [5.41, 5.74) is 9.69. The van der Waals surface area contributed by atoms with Crippen molar-refractivity contribution in [3.8, 4) is 11.5 Å². The second-order valence-electron chi connectivity index (χ2n) is 8.79. The molecule has 0 aliphatic rings. The molecule has 0 bridgehead atoms. The Labute approximate surface area is 175 Å². The molecule has 7 heteroatoms. The van der Waals surface area contributed by atoms with Gasteiger partial charge in [-0.15, -0.1) is 11.5 Å². The number of amides is 3. The molecule has 158 valence electrons. The molecule has 29 heavy (non-hydrogen) atoms. The maximum atomic E-state index is 12.7. The first kappa shape index (κ1) is 24.4. The molecule has 1 aromatic carbocycles. The Balaban J connectivity index is 2.90. The standard InChI is InChI=1S/C22H33N3O3Si/c1-16(26)24-19(15-17-11-8-7-9-12-17)21(28)25-18(20(23)27)13-10-14-29(5,6)22(2,3)4/h7-9,11-12,18-19H,13,15H2,1-6H3,(H2,23,27)(H,24,26)(H,25,28)/t18-,19-/m0/s1. The van der Waals surface area contributed by atoms with Crippen molar-refractivity contribution in [2.24, 2.45) is 5.73 Å². The lowest BCUT2D eigenvalue weighted by Crippen LogP contribution is -2.53. The van der Waals surface area contributed by atoms with Crippen LogP contribution >= 0.6 is 0 Å². The molecule has 0 spiro atoms. The molecule has 2 atom stereocenters. The zero-order chi connectivity index (χ0) is 22.2. The average Bonchev–Trinajstić information content (AvgIpc) is 2.59. The van der Waals surface area contributed by atoms with E-state index in [1.807, 2.05) is 30.3 Å². The van der Waals surface area contributed by atoms with Gasteiger partial charge >= 0.3 is 0 Å². The molecule has 0 saturated carbocycles. The maximum Gasteiger partial charge on any atom is 0.243 e. The molecule has 0 heterocycles. The van der Waals surface area contributed by atoms with E-state index >= 15 is 0 Å². The average molecular weight is 416 g/mol. The van der Waals surface area contributed by atoms with Gasteiger partial charge < -0.3 is 16.4 Å². The van der Waals surface area contributed by atoms with Crippen molar-refractivity contribution < 1.29 is 14.4 Å². The number of rotatable bonds is 7. The van der Waals surface area contributed by atoms with E-state index in [9.17, 15) is 14.4 Å². The summed E-state index contributed by atoms with van der Waals surface area (Å²) in [6.45, 7) is 12.2. The molecule has 1 rings (SSSR count). The van der Waals surface area contributed by atoms with Crippen LogP contribution in [0.15, 0.2) is 30.3 Å². The fourth-order valence-electron chi connectivity index (χ4n) is 2.36. The molecule has 0 saturated heterocycles. The predicted molar refractivity (Wildman–Crippen MR) is 118 cm³/mol. The Morgan fingerprint density at radius 1 is 1.07 bits per heavy atom. The van der Waals surface area contributed by atoms with Crippen molar-refractivity contribution in [3.63, 3.8) is 0 Å². The van der Waals surface area contributed by atoms with Crippen molar-refractivity contribution >= 4 is 25.8 Å². The lowest BCUT2D eigenvalue weighted by Gasteiger charge is -2.31. The van der Waals surface area contributed by atoms with Crippen molar-refractivity contribution in [1.82, 2.24) is 10.6 Å². The first-order valence-corrected chi connectivity index (χ1v) is 12.7. The maximum absolute atomic E-state index is 12.7. The zero-order valence-corrected chi connectivity index (χ0v) is 19.3. The van der Waals surface area contributed by atoms with Gasteiger partial charge in [-0.25, -0.2) is 0 Å². The van der Waals surface area contributed by atoms with Gasteiger partial charge in [0.05, 0.1) is 0 Å². The van der Waals surface area contributed by atoms with Crippen LogP contribution in [0.2, 0.25) is 18.1 Å². The Morgan fingerprint density at radius 3 is 2.14 bits per heavy atom. The lowest BCUT2D eigenvalue weighted by atomic mass is 10.0. The minimum Gasteiger partial charge on any atom is -0.368 e. The van der Waals surface area contributed by atoms with Crippen LogP contribution in [0.3, 0.4) is 0 Å². The molecule has 1 aromatic rings. The van der Waals surface area contributed by atoms with Crippen LogP contribution < -0.4 is 16.4 Å². The summed E-state index contributed by atoms with van der Waals surface area (Å²) >= 11 is 0. The van der Waals surface area contributed by atoms with Gasteiger partial charge in [-0.05, 0) is 10.6 Å². The summed E-state index contributed by atoms with van der Waals surface area (Å²) < 4.78 is 0. The van der Waals surface area contributed by atoms with Gasteiger partial charge in [-0.3, -0.25) is 14.4 Å². The van der Waals surface area contributed by atoms with Gasteiger partial charge in [0, 0.05) is 19.8 Å². The molecule has 0 unspecified atom stereocenters. The topological polar surface area (TPSA) is 101 Å². The number of carbonyl (C=O) groups is 3. The first-order valence-electron chi connectivity index (χ1n) is 9.74. The Hall–Kier alpha value is -2.59. The molecule has 0 radical (unpaired) electrons. The predicted octanol–water partition coefficient (Wildman–Crippen LogP) is 2.15. The van der Waals surface area contributed by atoms with Gasteiger partial charge in [-0.2, -0.15) is 0 Å². The molecule has 0 aliphatic carbocycles. The smallest absolute Gasteiger partial charge is 0.243 e. The van der Waals surface area contributed by atoms with Gasteiger partial charge in [0.1, 0.15) is 20.2 Å². The van der Waals surface area contributed by atoms with Crippen molar-refractivity contribution in [2.75, 3.05) is 0 Å². The van der Waals surface area contributed by atoms with Crippen LogP contribution in [0.1, 0.15) is 39.7 Å². The van der Waals surface area contributed by atoms with Crippen LogP contribution in [0, 0.1) is 11.5 Å². The number of hydrogen-bond donors (Lipinski definition) is 3. The fraction of sp³-hybridized carbons (Fsp3) is 0.500. The highest BCUT2D eigenvalue weighted by molar-refractivity contribution is 6.87. The first-order chi connectivity index (χ1) is 13.3. The number of hydrogen-bond acceptors (Lipinski definition) is 3. The molecule has 3 amide bonds. The van der Waals surface area contributed by atoms with Gasteiger partial charge in [0.25, 0.3) is 0 Å². The molecule has 0 aliphatic heterocycles. The van der Waals surface area contributed by atoms with Gasteiger partial charge in [-0.1, -0.05) is 64.2 Å². The molecule has 0 aromatic heterocycles. The Morgan fingerprint density at radius 2 is 1.66 bits per heavy atom. The normalized spacial score (nSPS) is 13.4. The number of carbonyl (C=O) groups excluding carboxylic acids is 3. The summed E-state index contributed by atoms with van der Waals surface area (Å²) in [4.78, 5) is 36.1. The number of nitrogens with one attached hydrogen (secondary N) is 2. The molecule has 6 nitrogen and oxygen atoms in total. The number of primary amides is 1. The summed E-state index contributed by atoms with van der Waals surface area (Å²) in [5.74, 6) is 1.63. The molecule has 0 fully saturated rings. The molecular formula is C22H33N3O3Si. The fourth-order valence-corrected chi connectivity index (χ4v) is 3.28. The minimum absolute atomic E-state index is 0.0949. The molecular weight excluding hydrogens is 382 g/mol. The summed E-state index contributed by atoms with van der Waals surface area (Å²) in [7, 11) is -1.82. The summed E-state index contributed by atoms with van der Waals surface area (Å²) in [6, 6.07) is 7.64. The van der Waals surface area contributed by atoms with Crippen molar-refractivity contribution in [1.29, 1.82) is 0 Å². The highest BCUT2D eigenvalue weighted by Gasteiger charge is 2.33. The van der Waals surface area contributed by atoms with E-state index < -0.39 is 32.0 Å². The van der Waals surface area contributed by atoms with Crippen LogP contribution in [-0.4, -0.2) is 37.9 Å². The monoisotopic (exact) mass is 415 g/mol. The third-order valence-electron chi connectivity index (χ3n) is 5.22. The third-order valence-corrected chi connectivity index (χ3v) is 9.77. The second kappa shape index (κ2) is 10.3. The van der Waals surface area contributed by atoms with E-state index in [4.69, 9.17) is 5.73 Å². The molecule has 4 N–H and O–H groups in total. The van der Waals surface area contributed by atoms with Gasteiger partial charge in [0.15, 0.2) is 0 Å². The SMILES string of the molecule is CC(=O)N[C@@H](Cc1ccccc1)C(=O)N[C@@H](CC#C[Si](C)(C)C(C)(C)C)C(N)=O. The lowest BCUT2D eigenvalue weighted by molar-refractivity contribution is -0.130. The van der Waals surface area contributed by atoms with E-state index in [0.717, 1.165) is 5.56 Å². The highest BCUT2D eigenvalue weighted by atomic mass is 28.3.